The summed E-state index contributed by atoms with van der Waals surface area (Å²) in [5.74, 6) is 1.59. The van der Waals surface area contributed by atoms with Crippen molar-refractivity contribution < 1.29 is 14.3 Å². The molecule has 7 nitrogen and oxygen atoms in total. The van der Waals surface area contributed by atoms with Crippen molar-refractivity contribution in [3.05, 3.63) is 65.5 Å². The first-order valence-corrected chi connectivity index (χ1v) is 12.9. The van der Waals surface area contributed by atoms with Crippen LogP contribution in [0.25, 0.3) is 5.69 Å². The van der Waals surface area contributed by atoms with Gasteiger partial charge in [0, 0.05) is 54.3 Å². The summed E-state index contributed by atoms with van der Waals surface area (Å²) in [6.45, 7) is 15.9. The molecule has 0 unspecified atom stereocenters. The number of piperazine rings is 1. The lowest BCUT2D eigenvalue weighted by Crippen LogP contribution is -2.48. The van der Waals surface area contributed by atoms with Crippen LogP contribution in [-0.2, 0) is 10.8 Å². The number of ether oxygens (including phenoxy) is 2. The van der Waals surface area contributed by atoms with Crippen LogP contribution >= 0.6 is 0 Å². The van der Waals surface area contributed by atoms with Gasteiger partial charge in [-0.05, 0) is 42.5 Å². The van der Waals surface area contributed by atoms with Gasteiger partial charge in [0.15, 0.2) is 0 Å². The van der Waals surface area contributed by atoms with Gasteiger partial charge in [-0.25, -0.2) is 4.68 Å². The van der Waals surface area contributed by atoms with E-state index >= 15 is 0 Å². The van der Waals surface area contributed by atoms with E-state index in [1.165, 1.54) is 0 Å². The summed E-state index contributed by atoms with van der Waals surface area (Å²) < 4.78 is 12.9. The molecule has 37 heavy (non-hydrogen) atoms. The van der Waals surface area contributed by atoms with E-state index < -0.39 is 0 Å². The van der Waals surface area contributed by atoms with Gasteiger partial charge in [0.25, 0.3) is 5.91 Å². The first-order valence-electron chi connectivity index (χ1n) is 12.9. The Balaban J connectivity index is 1.48. The molecule has 4 rings (SSSR count). The molecule has 1 fully saturated rings. The fraction of sp³-hybridized carbons (Fsp3) is 0.467. The van der Waals surface area contributed by atoms with Gasteiger partial charge in [0.1, 0.15) is 11.5 Å². The summed E-state index contributed by atoms with van der Waals surface area (Å²) in [7, 11) is 3.31. The molecule has 1 aliphatic heterocycles. The van der Waals surface area contributed by atoms with E-state index in [0.717, 1.165) is 47.4 Å². The molecule has 0 N–H and O–H groups in total. The topological polar surface area (TPSA) is 59.8 Å². The smallest absolute Gasteiger partial charge is 0.253 e. The van der Waals surface area contributed by atoms with E-state index in [1.54, 1.807) is 14.2 Å². The molecular formula is C30H40N4O3. The van der Waals surface area contributed by atoms with Crippen molar-refractivity contribution in [2.24, 2.45) is 0 Å². The number of methoxy groups -OCH3 is 2. The fourth-order valence-electron chi connectivity index (χ4n) is 4.60. The maximum atomic E-state index is 13.3. The second kappa shape index (κ2) is 10.1. The van der Waals surface area contributed by atoms with Crippen LogP contribution in [0.15, 0.2) is 48.5 Å². The van der Waals surface area contributed by atoms with Crippen molar-refractivity contribution in [2.75, 3.05) is 45.3 Å². The maximum absolute atomic E-state index is 13.3. The lowest BCUT2D eigenvalue weighted by Gasteiger charge is -2.36. The number of carbonyl (C=O) groups excluding carboxylic acids is 1. The van der Waals surface area contributed by atoms with Gasteiger partial charge in [-0.1, -0.05) is 41.5 Å². The molecule has 1 saturated heterocycles. The van der Waals surface area contributed by atoms with Crippen molar-refractivity contribution in [3.63, 3.8) is 0 Å². The number of anilines is 1. The minimum Gasteiger partial charge on any atom is -0.497 e. The zero-order valence-electron chi connectivity index (χ0n) is 23.5. The van der Waals surface area contributed by atoms with Crippen molar-refractivity contribution in [1.29, 1.82) is 0 Å². The van der Waals surface area contributed by atoms with Gasteiger partial charge in [-0.15, -0.1) is 0 Å². The molecule has 7 heteroatoms. The number of amides is 1. The van der Waals surface area contributed by atoms with Crippen molar-refractivity contribution in [2.45, 2.75) is 52.4 Å². The van der Waals surface area contributed by atoms with E-state index in [4.69, 9.17) is 14.6 Å². The van der Waals surface area contributed by atoms with Crippen molar-refractivity contribution >= 4 is 11.6 Å². The molecular weight excluding hydrogens is 464 g/mol. The van der Waals surface area contributed by atoms with Crippen LogP contribution in [0.5, 0.6) is 11.5 Å². The number of aromatic nitrogens is 2. The fourth-order valence-corrected chi connectivity index (χ4v) is 4.60. The Kier molecular flexibility index (Phi) is 7.27. The third kappa shape index (κ3) is 5.60. The highest BCUT2D eigenvalue weighted by molar-refractivity contribution is 5.94. The van der Waals surface area contributed by atoms with Gasteiger partial charge in [0.2, 0.25) is 0 Å². The normalized spacial score (nSPS) is 14.6. The van der Waals surface area contributed by atoms with Crippen LogP contribution in [0, 0.1) is 0 Å². The summed E-state index contributed by atoms with van der Waals surface area (Å²) in [4.78, 5) is 17.5. The Hall–Kier alpha value is -3.48. The summed E-state index contributed by atoms with van der Waals surface area (Å²) in [6, 6.07) is 15.9. The molecule has 198 valence electrons. The number of rotatable bonds is 5. The number of hydrogen-bond acceptors (Lipinski definition) is 5. The van der Waals surface area contributed by atoms with E-state index in [0.29, 0.717) is 18.7 Å². The van der Waals surface area contributed by atoms with Crippen LogP contribution in [0.3, 0.4) is 0 Å². The van der Waals surface area contributed by atoms with Gasteiger partial charge >= 0.3 is 0 Å². The highest BCUT2D eigenvalue weighted by atomic mass is 16.5. The van der Waals surface area contributed by atoms with Crippen LogP contribution < -0.4 is 14.4 Å². The molecule has 1 aromatic heterocycles. The molecule has 0 radical (unpaired) electrons. The molecule has 2 aromatic carbocycles. The van der Waals surface area contributed by atoms with Crippen LogP contribution in [0.1, 0.15) is 63.3 Å². The molecule has 0 saturated carbocycles. The third-order valence-corrected chi connectivity index (χ3v) is 6.90. The van der Waals surface area contributed by atoms with Crippen molar-refractivity contribution in [1.82, 2.24) is 14.7 Å². The number of hydrogen-bond donors (Lipinski definition) is 0. The Morgan fingerprint density at radius 1 is 0.811 bits per heavy atom. The summed E-state index contributed by atoms with van der Waals surface area (Å²) in [5.41, 5.74) is 4.79. The lowest BCUT2D eigenvalue weighted by molar-refractivity contribution is 0.0746. The minimum absolute atomic E-state index is 0.0425. The molecule has 3 aromatic rings. The monoisotopic (exact) mass is 504 g/mol. The first-order chi connectivity index (χ1) is 17.4. The second-order valence-corrected chi connectivity index (χ2v) is 11.7. The number of nitrogens with zero attached hydrogens (tertiary/aromatic N) is 4. The van der Waals surface area contributed by atoms with Gasteiger partial charge in [-0.3, -0.25) is 4.79 Å². The molecule has 0 atom stereocenters. The Morgan fingerprint density at radius 3 is 2.00 bits per heavy atom. The molecule has 2 heterocycles. The molecule has 1 amide bonds. The third-order valence-electron chi connectivity index (χ3n) is 6.90. The lowest BCUT2D eigenvalue weighted by atomic mass is 9.88. The average molecular weight is 505 g/mol. The van der Waals surface area contributed by atoms with E-state index in [9.17, 15) is 4.79 Å². The van der Waals surface area contributed by atoms with E-state index in [-0.39, 0.29) is 16.7 Å². The highest BCUT2D eigenvalue weighted by Crippen LogP contribution is 2.33. The van der Waals surface area contributed by atoms with Crippen molar-refractivity contribution in [3.8, 4) is 17.2 Å². The van der Waals surface area contributed by atoms with E-state index in [1.807, 2.05) is 52.0 Å². The zero-order valence-corrected chi connectivity index (χ0v) is 23.5. The first kappa shape index (κ1) is 26.6. The largest absolute Gasteiger partial charge is 0.497 e. The quantitative estimate of drug-likeness (QED) is 0.463. The SMILES string of the molecule is COc1ccc(N2CCN(C(=O)c3ccc(-n4nc(C(C)(C)C)cc4C(C)(C)C)cc3)CC2)c(OC)c1. The summed E-state index contributed by atoms with van der Waals surface area (Å²) in [6.07, 6.45) is 0. The van der Waals surface area contributed by atoms with Crippen LogP contribution in [0.2, 0.25) is 0 Å². The van der Waals surface area contributed by atoms with Crippen LogP contribution in [-0.4, -0.2) is 61.0 Å². The van der Waals surface area contributed by atoms with Crippen LogP contribution in [0.4, 0.5) is 5.69 Å². The number of benzene rings is 2. The zero-order chi connectivity index (χ0) is 27.0. The molecule has 0 spiro atoms. The highest BCUT2D eigenvalue weighted by Gasteiger charge is 2.27. The Morgan fingerprint density at radius 2 is 1.46 bits per heavy atom. The predicted molar refractivity (Wildman–Crippen MR) is 149 cm³/mol. The summed E-state index contributed by atoms with van der Waals surface area (Å²) in [5, 5.41) is 4.94. The predicted octanol–water partition coefficient (Wildman–Crippen LogP) is 5.45. The molecule has 0 aliphatic carbocycles. The maximum Gasteiger partial charge on any atom is 0.253 e. The molecule has 0 bridgehead atoms. The average Bonchev–Trinajstić information content (AvgIpc) is 3.35. The van der Waals surface area contributed by atoms with Gasteiger partial charge in [0.05, 0.1) is 31.3 Å². The van der Waals surface area contributed by atoms with Gasteiger partial charge < -0.3 is 19.3 Å². The molecule has 1 aliphatic rings. The second-order valence-electron chi connectivity index (χ2n) is 11.7. The standard InChI is InChI=1S/C30H40N4O3/c1-29(2,3)26-20-27(30(4,5)6)34(31-26)22-11-9-21(10-12-22)28(35)33-17-15-32(16-18-33)24-14-13-23(36-7)19-25(24)37-8/h9-14,19-20H,15-18H2,1-8H3. The Bertz CT molecular complexity index is 1240. The number of carbonyl (C=O) groups is 1. The Labute approximate surface area is 221 Å². The summed E-state index contributed by atoms with van der Waals surface area (Å²) >= 11 is 0. The minimum atomic E-state index is -0.0583. The van der Waals surface area contributed by atoms with Gasteiger partial charge in [-0.2, -0.15) is 5.10 Å². The van der Waals surface area contributed by atoms with E-state index in [2.05, 4.69) is 52.5 Å².